The van der Waals surface area contributed by atoms with Gasteiger partial charge in [0, 0.05) is 20.0 Å². The lowest BCUT2D eigenvalue weighted by atomic mass is 10.1. The molecule has 0 saturated carbocycles. The number of rotatable bonds is 5. The van der Waals surface area contributed by atoms with Gasteiger partial charge in [0.25, 0.3) is 5.91 Å². The van der Waals surface area contributed by atoms with Crippen LogP contribution in [0.4, 0.5) is 30.4 Å². The van der Waals surface area contributed by atoms with Gasteiger partial charge < -0.3 is 25.1 Å². The van der Waals surface area contributed by atoms with Crippen LogP contribution < -0.4 is 10.2 Å². The number of morpholine rings is 1. The van der Waals surface area contributed by atoms with Crippen molar-refractivity contribution in [1.82, 2.24) is 9.55 Å². The third kappa shape index (κ3) is 4.65. The van der Waals surface area contributed by atoms with E-state index in [2.05, 4.69) is 10.3 Å². The smallest absolute Gasteiger partial charge is 0.378 e. The van der Waals surface area contributed by atoms with Gasteiger partial charge in [-0.15, -0.1) is 0 Å². The summed E-state index contributed by atoms with van der Waals surface area (Å²) in [5, 5.41) is 13.5. The Labute approximate surface area is 163 Å². The lowest BCUT2D eigenvalue weighted by molar-refractivity contribution is -0.392. The van der Waals surface area contributed by atoms with E-state index in [1.54, 1.807) is 0 Å². The number of aromatic nitrogens is 2. The Bertz CT molecular complexity index is 922. The van der Waals surface area contributed by atoms with Gasteiger partial charge in [0.15, 0.2) is 12.4 Å². The minimum atomic E-state index is -4.58. The fraction of sp³-hybridized carbons (Fsp3) is 0.412. The molecule has 29 heavy (non-hydrogen) atoms. The number of aryl methyl sites for hydroxylation is 1. The lowest BCUT2D eigenvalue weighted by Gasteiger charge is -2.31. The van der Waals surface area contributed by atoms with Crippen molar-refractivity contribution in [3.05, 3.63) is 45.9 Å². The first kappa shape index (κ1) is 20.6. The SMILES string of the molecule is Cc1ncc([N+](=O)[O-])n1CC(=O)Nc1cc(C(F)(F)F)ccc1N1CCOCC1. The number of carbonyl (C=O) groups excluding carboxylic acids is 1. The number of amides is 1. The average molecular weight is 413 g/mol. The van der Waals surface area contributed by atoms with E-state index in [1.807, 2.05) is 4.90 Å². The standard InChI is InChI=1S/C17H18F3N5O4/c1-11-21-9-16(25(27)28)24(11)10-15(26)22-13-8-12(17(18,19)20)2-3-14(13)23-4-6-29-7-5-23/h2-3,8-9H,4-7,10H2,1H3,(H,22,26). The first-order valence-corrected chi connectivity index (χ1v) is 8.67. The monoisotopic (exact) mass is 413 g/mol. The van der Waals surface area contributed by atoms with Gasteiger partial charge in [-0.25, -0.2) is 9.55 Å². The van der Waals surface area contributed by atoms with Gasteiger partial charge in [-0.3, -0.25) is 4.79 Å². The second kappa shape index (κ2) is 8.07. The third-order valence-electron chi connectivity index (χ3n) is 4.47. The molecule has 1 aromatic heterocycles. The number of hydrogen-bond donors (Lipinski definition) is 1. The van der Waals surface area contributed by atoms with Gasteiger partial charge in [0.05, 0.1) is 30.2 Å². The van der Waals surface area contributed by atoms with Crippen LogP contribution in [0.2, 0.25) is 0 Å². The zero-order valence-corrected chi connectivity index (χ0v) is 15.4. The van der Waals surface area contributed by atoms with Crippen molar-refractivity contribution in [2.24, 2.45) is 0 Å². The molecule has 2 heterocycles. The third-order valence-corrected chi connectivity index (χ3v) is 4.47. The average Bonchev–Trinajstić information content (AvgIpc) is 3.02. The van der Waals surface area contributed by atoms with E-state index < -0.39 is 29.1 Å². The second-order valence-corrected chi connectivity index (χ2v) is 6.38. The van der Waals surface area contributed by atoms with Crippen LogP contribution in [-0.4, -0.2) is 46.7 Å². The Morgan fingerprint density at radius 2 is 2.03 bits per heavy atom. The first-order chi connectivity index (χ1) is 13.7. The highest BCUT2D eigenvalue weighted by Crippen LogP contribution is 2.35. The molecule has 9 nitrogen and oxygen atoms in total. The van der Waals surface area contributed by atoms with Gasteiger partial charge in [0.2, 0.25) is 0 Å². The molecule has 156 valence electrons. The van der Waals surface area contributed by atoms with E-state index >= 15 is 0 Å². The van der Waals surface area contributed by atoms with Crippen molar-refractivity contribution in [3.8, 4) is 0 Å². The summed E-state index contributed by atoms with van der Waals surface area (Å²) in [6.45, 7) is 2.77. The molecule has 1 saturated heterocycles. The summed E-state index contributed by atoms with van der Waals surface area (Å²) in [6.07, 6.45) is -3.56. The second-order valence-electron chi connectivity index (χ2n) is 6.38. The fourth-order valence-corrected chi connectivity index (χ4v) is 3.02. The number of nitro groups is 1. The molecular weight excluding hydrogens is 395 g/mol. The van der Waals surface area contributed by atoms with E-state index in [1.165, 1.54) is 13.0 Å². The van der Waals surface area contributed by atoms with E-state index in [9.17, 15) is 28.1 Å². The molecule has 0 radical (unpaired) electrons. The quantitative estimate of drug-likeness (QED) is 0.597. The minimum absolute atomic E-state index is 0.0212. The van der Waals surface area contributed by atoms with Crippen molar-refractivity contribution in [3.63, 3.8) is 0 Å². The molecule has 1 aromatic carbocycles. The molecule has 0 bridgehead atoms. The largest absolute Gasteiger partial charge is 0.416 e. The van der Waals surface area contributed by atoms with Crippen LogP contribution in [0.3, 0.4) is 0 Å². The zero-order chi connectivity index (χ0) is 21.2. The summed E-state index contributed by atoms with van der Waals surface area (Å²) in [7, 11) is 0. The first-order valence-electron chi connectivity index (χ1n) is 8.67. The molecule has 2 aromatic rings. The lowest BCUT2D eigenvalue weighted by Crippen LogP contribution is -2.37. The Kier molecular flexibility index (Phi) is 5.73. The van der Waals surface area contributed by atoms with Crippen LogP contribution >= 0.6 is 0 Å². The van der Waals surface area contributed by atoms with Crippen molar-refractivity contribution in [2.75, 3.05) is 36.5 Å². The number of nitrogens with zero attached hydrogens (tertiary/aromatic N) is 4. The number of ether oxygens (including phenoxy) is 1. The van der Waals surface area contributed by atoms with Crippen molar-refractivity contribution in [2.45, 2.75) is 19.6 Å². The van der Waals surface area contributed by atoms with E-state index in [0.717, 1.165) is 22.9 Å². The van der Waals surface area contributed by atoms with Crippen LogP contribution in [0.25, 0.3) is 0 Å². The maximum atomic E-state index is 13.1. The maximum Gasteiger partial charge on any atom is 0.416 e. The topological polar surface area (TPSA) is 103 Å². The zero-order valence-electron chi connectivity index (χ0n) is 15.4. The fourth-order valence-electron chi connectivity index (χ4n) is 3.02. The summed E-state index contributed by atoms with van der Waals surface area (Å²) < 4.78 is 45.8. The highest BCUT2D eigenvalue weighted by Gasteiger charge is 2.32. The number of anilines is 2. The number of nitrogens with one attached hydrogen (secondary N) is 1. The molecule has 1 N–H and O–H groups in total. The number of hydrogen-bond acceptors (Lipinski definition) is 6. The Morgan fingerprint density at radius 3 is 2.66 bits per heavy atom. The van der Waals surface area contributed by atoms with Crippen LogP contribution in [-0.2, 0) is 22.3 Å². The highest BCUT2D eigenvalue weighted by molar-refractivity contribution is 5.94. The van der Waals surface area contributed by atoms with Crippen LogP contribution in [0.1, 0.15) is 11.4 Å². The van der Waals surface area contributed by atoms with Crippen LogP contribution in [0, 0.1) is 17.0 Å². The number of benzene rings is 1. The number of carbonyl (C=O) groups is 1. The predicted molar refractivity (Wildman–Crippen MR) is 96.7 cm³/mol. The van der Waals surface area contributed by atoms with E-state index in [0.29, 0.717) is 32.0 Å². The predicted octanol–water partition coefficient (Wildman–Crippen LogP) is 2.59. The van der Waals surface area contributed by atoms with E-state index in [-0.39, 0.29) is 17.3 Å². The molecule has 1 amide bonds. The number of halogens is 3. The summed E-state index contributed by atoms with van der Waals surface area (Å²) in [5.74, 6) is -0.845. The molecular formula is C17H18F3N5O4. The van der Waals surface area contributed by atoms with Gasteiger partial charge in [-0.05, 0) is 23.1 Å². The van der Waals surface area contributed by atoms with Crippen molar-refractivity contribution < 1.29 is 27.6 Å². The summed E-state index contributed by atoms with van der Waals surface area (Å²) in [5.41, 5.74) is -0.506. The summed E-state index contributed by atoms with van der Waals surface area (Å²) in [4.78, 5) is 28.5. The molecule has 3 rings (SSSR count). The van der Waals surface area contributed by atoms with Gasteiger partial charge in [-0.2, -0.15) is 13.2 Å². The van der Waals surface area contributed by atoms with Gasteiger partial charge in [-0.1, -0.05) is 0 Å². The van der Waals surface area contributed by atoms with Crippen LogP contribution in [0.15, 0.2) is 24.4 Å². The normalized spacial score (nSPS) is 14.7. The van der Waals surface area contributed by atoms with Crippen molar-refractivity contribution >= 4 is 23.1 Å². The molecule has 0 atom stereocenters. The summed E-state index contributed by atoms with van der Waals surface area (Å²) in [6, 6.07) is 3.11. The van der Waals surface area contributed by atoms with E-state index in [4.69, 9.17) is 4.74 Å². The molecule has 0 aliphatic carbocycles. The van der Waals surface area contributed by atoms with Crippen LogP contribution in [0.5, 0.6) is 0 Å². The maximum absolute atomic E-state index is 13.1. The van der Waals surface area contributed by atoms with Crippen molar-refractivity contribution in [1.29, 1.82) is 0 Å². The molecule has 1 fully saturated rings. The molecule has 1 aliphatic rings. The Hall–Kier alpha value is -3.15. The summed E-state index contributed by atoms with van der Waals surface area (Å²) >= 11 is 0. The molecule has 0 spiro atoms. The molecule has 0 unspecified atom stereocenters. The minimum Gasteiger partial charge on any atom is -0.378 e. The molecule has 12 heteroatoms. The Morgan fingerprint density at radius 1 is 1.34 bits per heavy atom. The number of imidazole rings is 1. The van der Waals surface area contributed by atoms with Gasteiger partial charge in [0.1, 0.15) is 6.20 Å². The van der Waals surface area contributed by atoms with Gasteiger partial charge >= 0.3 is 12.0 Å². The Balaban J connectivity index is 1.88. The number of alkyl halides is 3. The molecule has 1 aliphatic heterocycles. The highest BCUT2D eigenvalue weighted by atomic mass is 19.4.